The van der Waals surface area contributed by atoms with Crippen molar-refractivity contribution in [2.75, 3.05) is 26.8 Å². The molecule has 0 saturated heterocycles. The molecule has 1 aromatic heterocycles. The second-order valence-corrected chi connectivity index (χ2v) is 8.72. The van der Waals surface area contributed by atoms with E-state index in [0.29, 0.717) is 32.4 Å². The summed E-state index contributed by atoms with van der Waals surface area (Å²) in [6.45, 7) is 1.26. The van der Waals surface area contributed by atoms with Gasteiger partial charge in [0.2, 0.25) is 0 Å². The topological polar surface area (TPSA) is 98.6 Å². The number of nitrogens with zero attached hydrogens (tertiary/aromatic N) is 2. The molecule has 5 atom stereocenters. The number of rotatable bonds is 3. The predicted octanol–water partition coefficient (Wildman–Crippen LogP) is 2.76. The van der Waals surface area contributed by atoms with Crippen molar-refractivity contribution in [1.29, 1.82) is 5.26 Å². The number of carbonyl (C=O) groups is 1. The lowest BCUT2D eigenvalue weighted by Crippen LogP contribution is -2.47. The van der Waals surface area contributed by atoms with Gasteiger partial charge in [-0.25, -0.2) is 0 Å². The van der Waals surface area contributed by atoms with Gasteiger partial charge in [0.05, 0.1) is 25.2 Å². The van der Waals surface area contributed by atoms with Crippen molar-refractivity contribution in [2.24, 2.45) is 17.8 Å². The number of aliphatic hydroxyl groups is 1. The average Bonchev–Trinajstić information content (AvgIpc) is 3.18. The number of aromatic nitrogens is 1. The number of esters is 1. The van der Waals surface area contributed by atoms with Gasteiger partial charge in [-0.15, -0.1) is 6.42 Å². The Hall–Kier alpha value is -3.00. The van der Waals surface area contributed by atoms with Crippen LogP contribution < -0.4 is 0 Å². The molecule has 0 unspecified atom stereocenters. The number of fused-ring (bicyclic) bond motifs is 4. The van der Waals surface area contributed by atoms with Gasteiger partial charge in [0.15, 0.2) is 6.19 Å². The number of hydrogen-bond acceptors (Lipinski definition) is 6. The summed E-state index contributed by atoms with van der Waals surface area (Å²) in [6.07, 6.45) is 9.15. The highest BCUT2D eigenvalue weighted by atomic mass is 16.5. The van der Waals surface area contributed by atoms with E-state index in [1.165, 1.54) is 7.11 Å². The number of nitrogens with one attached hydrogen (secondary N) is 1. The largest absolute Gasteiger partial charge is 0.469 e. The number of para-hydroxylation sites is 1. The SMILES string of the molecule is C#CCO[C@@H]1C[C@H]2[C@@H](CC[C@H](O)[C@@H]2C(=O)OC)CN(C#N)CCc2c1[nH]c1ccccc21. The van der Waals surface area contributed by atoms with Crippen molar-refractivity contribution < 1.29 is 19.4 Å². The zero-order valence-electron chi connectivity index (χ0n) is 18.3. The summed E-state index contributed by atoms with van der Waals surface area (Å²) in [7, 11) is 1.35. The Morgan fingerprint density at radius 1 is 1.38 bits per heavy atom. The van der Waals surface area contributed by atoms with Crippen molar-refractivity contribution in [1.82, 2.24) is 9.88 Å². The van der Waals surface area contributed by atoms with E-state index in [1.54, 1.807) is 4.90 Å². The molecule has 4 rings (SSSR count). The first-order chi connectivity index (χ1) is 15.6. The molecule has 1 fully saturated rings. The maximum Gasteiger partial charge on any atom is 0.311 e. The normalized spacial score (nSPS) is 28.1. The standard InChI is InChI=1S/C25H29N3O4/c1-3-12-32-22-13-19-16(8-9-21(29)23(19)25(30)31-2)14-28(15-26)11-10-18-17-6-4-5-7-20(17)27-24(18)22/h1,4-7,16,19,21-23,27,29H,8-14H2,2H3/t16-,19-,21-,22+,23+/m0/s1. The maximum absolute atomic E-state index is 12.7. The molecule has 0 bridgehead atoms. The van der Waals surface area contributed by atoms with Gasteiger partial charge in [-0.1, -0.05) is 24.1 Å². The van der Waals surface area contributed by atoms with Crippen LogP contribution in [0.25, 0.3) is 10.9 Å². The molecule has 0 spiro atoms. The number of aliphatic hydroxyl groups excluding tert-OH is 1. The highest BCUT2D eigenvalue weighted by Gasteiger charge is 2.45. The fourth-order valence-electron chi connectivity index (χ4n) is 5.53. The number of hydrogen-bond donors (Lipinski definition) is 2. The summed E-state index contributed by atoms with van der Waals surface area (Å²) < 4.78 is 11.2. The van der Waals surface area contributed by atoms with Crippen molar-refractivity contribution in [3.63, 3.8) is 0 Å². The number of methoxy groups -OCH3 is 1. The van der Waals surface area contributed by atoms with Gasteiger partial charge in [0.1, 0.15) is 6.61 Å². The third kappa shape index (κ3) is 4.19. The van der Waals surface area contributed by atoms with Crippen molar-refractivity contribution >= 4 is 16.9 Å². The Kier molecular flexibility index (Phi) is 6.69. The molecule has 1 aliphatic carbocycles. The predicted molar refractivity (Wildman–Crippen MR) is 119 cm³/mol. The number of carbonyl (C=O) groups excluding carboxylic acids is 1. The van der Waals surface area contributed by atoms with E-state index in [4.69, 9.17) is 15.9 Å². The highest BCUT2D eigenvalue weighted by molar-refractivity contribution is 5.84. The van der Waals surface area contributed by atoms with E-state index >= 15 is 0 Å². The summed E-state index contributed by atoms with van der Waals surface area (Å²) in [5.74, 6) is 1.33. The van der Waals surface area contributed by atoms with E-state index in [0.717, 1.165) is 28.6 Å². The number of benzene rings is 1. The Labute approximate surface area is 188 Å². The van der Waals surface area contributed by atoms with E-state index in [2.05, 4.69) is 23.2 Å². The van der Waals surface area contributed by atoms with E-state index in [-0.39, 0.29) is 24.5 Å². The summed E-state index contributed by atoms with van der Waals surface area (Å²) >= 11 is 0. The van der Waals surface area contributed by atoms with Crippen LogP contribution in [-0.2, 0) is 20.7 Å². The molecule has 7 nitrogen and oxygen atoms in total. The van der Waals surface area contributed by atoms with E-state index < -0.39 is 18.0 Å². The minimum Gasteiger partial charge on any atom is -0.469 e. The monoisotopic (exact) mass is 435 g/mol. The Morgan fingerprint density at radius 2 is 2.19 bits per heavy atom. The number of H-pyrrole nitrogens is 1. The van der Waals surface area contributed by atoms with Crippen LogP contribution in [0.2, 0.25) is 0 Å². The van der Waals surface area contributed by atoms with Gasteiger partial charge in [-0.05, 0) is 49.1 Å². The van der Waals surface area contributed by atoms with Crippen LogP contribution in [0.15, 0.2) is 24.3 Å². The maximum atomic E-state index is 12.7. The van der Waals surface area contributed by atoms with E-state index in [9.17, 15) is 15.2 Å². The molecule has 1 aliphatic heterocycles. The Morgan fingerprint density at radius 3 is 2.94 bits per heavy atom. The van der Waals surface area contributed by atoms with Gasteiger partial charge in [0, 0.05) is 29.7 Å². The van der Waals surface area contributed by atoms with Gasteiger partial charge in [-0.3, -0.25) is 4.79 Å². The highest BCUT2D eigenvalue weighted by Crippen LogP contribution is 2.44. The first-order valence-electron chi connectivity index (χ1n) is 11.1. The second-order valence-electron chi connectivity index (χ2n) is 8.72. The molecule has 2 aromatic rings. The van der Waals surface area contributed by atoms with Gasteiger partial charge >= 0.3 is 5.97 Å². The molecule has 2 aliphatic rings. The lowest BCUT2D eigenvalue weighted by atomic mass is 9.67. The number of nitriles is 1. The van der Waals surface area contributed by atoms with E-state index in [1.807, 2.05) is 18.2 Å². The van der Waals surface area contributed by atoms with Gasteiger partial charge in [-0.2, -0.15) is 5.26 Å². The third-order valence-corrected chi connectivity index (χ3v) is 7.04. The Bertz CT molecular complexity index is 1050. The minimum absolute atomic E-state index is 0.0602. The van der Waals surface area contributed by atoms with Crippen LogP contribution in [-0.4, -0.2) is 53.9 Å². The molecule has 2 N–H and O–H groups in total. The molecule has 168 valence electrons. The summed E-state index contributed by atoms with van der Waals surface area (Å²) in [4.78, 5) is 18.0. The summed E-state index contributed by atoms with van der Waals surface area (Å²) in [5, 5.41) is 21.6. The van der Waals surface area contributed by atoms with Crippen LogP contribution in [0, 0.1) is 41.6 Å². The summed E-state index contributed by atoms with van der Waals surface area (Å²) in [5.41, 5.74) is 3.04. The smallest absolute Gasteiger partial charge is 0.311 e. The van der Waals surface area contributed by atoms with Crippen LogP contribution in [0.1, 0.15) is 36.6 Å². The molecule has 2 heterocycles. The first kappa shape index (κ1) is 22.2. The lowest BCUT2D eigenvalue weighted by molar-refractivity contribution is -0.158. The van der Waals surface area contributed by atoms with Crippen molar-refractivity contribution in [3.05, 3.63) is 35.5 Å². The van der Waals surface area contributed by atoms with Crippen LogP contribution in [0.5, 0.6) is 0 Å². The van der Waals surface area contributed by atoms with Gasteiger partial charge < -0.3 is 24.5 Å². The molecular weight excluding hydrogens is 406 g/mol. The van der Waals surface area contributed by atoms with Crippen LogP contribution in [0.3, 0.4) is 0 Å². The number of aromatic amines is 1. The lowest BCUT2D eigenvalue weighted by Gasteiger charge is -2.42. The molecule has 1 saturated carbocycles. The van der Waals surface area contributed by atoms with Gasteiger partial charge in [0.25, 0.3) is 0 Å². The first-order valence-corrected chi connectivity index (χ1v) is 11.1. The zero-order valence-corrected chi connectivity index (χ0v) is 18.3. The third-order valence-electron chi connectivity index (χ3n) is 7.04. The quantitative estimate of drug-likeness (QED) is 0.437. The molecular formula is C25H29N3O4. The molecule has 1 aromatic carbocycles. The number of terminal acetylenes is 1. The number of ether oxygens (including phenoxy) is 2. The fourth-order valence-corrected chi connectivity index (χ4v) is 5.53. The van der Waals surface area contributed by atoms with Crippen molar-refractivity contribution in [3.8, 4) is 18.5 Å². The van der Waals surface area contributed by atoms with Crippen LogP contribution >= 0.6 is 0 Å². The Balaban J connectivity index is 1.82. The average molecular weight is 436 g/mol. The second kappa shape index (κ2) is 9.65. The zero-order chi connectivity index (χ0) is 22.7. The fraction of sp³-hybridized carbons (Fsp3) is 0.520. The summed E-state index contributed by atoms with van der Waals surface area (Å²) in [6, 6.07) is 8.06. The minimum atomic E-state index is -0.780. The molecule has 7 heteroatoms. The van der Waals surface area contributed by atoms with Crippen molar-refractivity contribution in [2.45, 2.75) is 37.9 Å². The molecule has 0 amide bonds. The molecule has 32 heavy (non-hydrogen) atoms. The molecule has 0 radical (unpaired) electrons. The van der Waals surface area contributed by atoms with Crippen LogP contribution in [0.4, 0.5) is 0 Å².